The highest BCUT2D eigenvalue weighted by atomic mass is 35.5. The van der Waals surface area contributed by atoms with Gasteiger partial charge in [-0.1, -0.05) is 0 Å². The molecule has 0 radical (unpaired) electrons. The molecule has 7 heteroatoms. The maximum Gasteiger partial charge on any atom is 0.162 e. The fourth-order valence-corrected chi connectivity index (χ4v) is 1.20. The summed E-state index contributed by atoms with van der Waals surface area (Å²) in [4.78, 5) is 5.51. The lowest BCUT2D eigenvalue weighted by molar-refractivity contribution is 0.720. The van der Waals surface area contributed by atoms with E-state index in [1.807, 2.05) is 12.1 Å². The predicted molar refractivity (Wildman–Crippen MR) is 61.2 cm³/mol. The average molecular weight is 237 g/mol. The first-order valence-electron chi connectivity index (χ1n) is 4.52. The molecule has 1 aromatic heterocycles. The van der Waals surface area contributed by atoms with Gasteiger partial charge in [-0.25, -0.2) is 4.99 Å². The van der Waals surface area contributed by atoms with Gasteiger partial charge in [0.25, 0.3) is 0 Å². The van der Waals surface area contributed by atoms with Crippen molar-refractivity contribution >= 4 is 23.1 Å². The van der Waals surface area contributed by atoms with Crippen molar-refractivity contribution in [1.82, 2.24) is 20.2 Å². The van der Waals surface area contributed by atoms with Crippen molar-refractivity contribution in [2.75, 3.05) is 5.88 Å². The van der Waals surface area contributed by atoms with Crippen molar-refractivity contribution in [2.45, 2.75) is 0 Å². The number of tetrazole rings is 1. The van der Waals surface area contributed by atoms with Gasteiger partial charge in [-0.15, -0.1) is 26.6 Å². The van der Waals surface area contributed by atoms with Gasteiger partial charge < -0.3 is 5.73 Å². The highest BCUT2D eigenvalue weighted by molar-refractivity contribution is 6.28. The van der Waals surface area contributed by atoms with E-state index in [0.717, 1.165) is 11.4 Å². The topological polar surface area (TPSA) is 82.0 Å². The monoisotopic (exact) mass is 236 g/mol. The summed E-state index contributed by atoms with van der Waals surface area (Å²) >= 11 is 5.53. The van der Waals surface area contributed by atoms with Gasteiger partial charge in [-0.05, 0) is 29.5 Å². The zero-order chi connectivity index (χ0) is 11.4. The highest BCUT2D eigenvalue weighted by Gasteiger charge is 1.98. The van der Waals surface area contributed by atoms with Crippen molar-refractivity contribution in [1.29, 1.82) is 0 Å². The summed E-state index contributed by atoms with van der Waals surface area (Å²) in [5.41, 5.74) is 7.06. The Morgan fingerprint density at radius 2 is 2.12 bits per heavy atom. The Morgan fingerprint density at radius 3 is 2.69 bits per heavy atom. The summed E-state index contributed by atoms with van der Waals surface area (Å²) in [7, 11) is 0. The molecule has 0 aliphatic carbocycles. The van der Waals surface area contributed by atoms with Gasteiger partial charge in [-0.2, -0.15) is 0 Å². The first-order valence-corrected chi connectivity index (χ1v) is 5.05. The Balaban J connectivity index is 2.23. The van der Waals surface area contributed by atoms with Crippen LogP contribution >= 0.6 is 11.6 Å². The number of alkyl halides is 1. The molecule has 2 N–H and O–H groups in total. The normalized spacial score (nSPS) is 11.7. The lowest BCUT2D eigenvalue weighted by atomic mass is 10.3. The van der Waals surface area contributed by atoms with Crippen LogP contribution in [0.25, 0.3) is 5.69 Å². The maximum absolute atomic E-state index is 5.53. The minimum absolute atomic E-state index is 0.215. The van der Waals surface area contributed by atoms with E-state index in [4.69, 9.17) is 17.3 Å². The fraction of sp³-hybridized carbons (Fsp3) is 0.111. The lowest BCUT2D eigenvalue weighted by Crippen LogP contribution is -2.12. The third-order valence-corrected chi connectivity index (χ3v) is 2.11. The third-order valence-electron chi connectivity index (χ3n) is 1.84. The quantitative estimate of drug-likeness (QED) is 0.487. The number of nitrogens with zero attached hydrogens (tertiary/aromatic N) is 5. The molecule has 82 valence electrons. The largest absolute Gasteiger partial charge is 0.386 e. The summed E-state index contributed by atoms with van der Waals surface area (Å²) in [5.74, 6) is 0.597. The second-order valence-corrected chi connectivity index (χ2v) is 3.25. The Labute approximate surface area is 96.7 Å². The molecule has 6 nitrogen and oxygen atoms in total. The van der Waals surface area contributed by atoms with Crippen LogP contribution in [0.5, 0.6) is 0 Å². The van der Waals surface area contributed by atoms with Crippen LogP contribution in [0.1, 0.15) is 0 Å². The SMILES string of the molecule is NC(CCl)=Nc1ccc(-n2ncnn2)cc1. The summed E-state index contributed by atoms with van der Waals surface area (Å²) in [6.07, 6.45) is 1.37. The molecular weight excluding hydrogens is 228 g/mol. The molecule has 16 heavy (non-hydrogen) atoms. The third kappa shape index (κ3) is 2.34. The van der Waals surface area contributed by atoms with E-state index in [0.29, 0.717) is 5.84 Å². The first kappa shape index (κ1) is 10.6. The molecule has 0 aliphatic heterocycles. The molecule has 1 aromatic carbocycles. The van der Waals surface area contributed by atoms with Gasteiger partial charge in [0.2, 0.25) is 0 Å². The summed E-state index contributed by atoms with van der Waals surface area (Å²) in [6, 6.07) is 7.25. The highest BCUT2D eigenvalue weighted by Crippen LogP contribution is 2.14. The predicted octanol–water partition coefficient (Wildman–Crippen LogP) is 0.890. The number of benzene rings is 1. The number of aromatic nitrogens is 4. The van der Waals surface area contributed by atoms with E-state index >= 15 is 0 Å². The van der Waals surface area contributed by atoms with Crippen LogP contribution in [-0.2, 0) is 0 Å². The number of aliphatic imine (C=N–C) groups is 1. The van der Waals surface area contributed by atoms with Gasteiger partial charge in [-0.3, -0.25) is 0 Å². The van der Waals surface area contributed by atoms with E-state index in [1.54, 1.807) is 12.1 Å². The Kier molecular flexibility index (Phi) is 3.11. The van der Waals surface area contributed by atoms with Crippen molar-refractivity contribution in [2.24, 2.45) is 10.7 Å². The zero-order valence-corrected chi connectivity index (χ0v) is 9.04. The standard InChI is InChI=1S/C9H9ClN6/c10-5-9(11)14-7-1-3-8(4-2-7)16-13-6-12-15-16/h1-4,6H,5H2,(H2,11,14). The Morgan fingerprint density at radius 1 is 1.38 bits per heavy atom. The molecule has 0 bridgehead atoms. The van der Waals surface area contributed by atoms with E-state index < -0.39 is 0 Å². The van der Waals surface area contributed by atoms with Gasteiger partial charge in [0.15, 0.2) is 6.33 Å². The van der Waals surface area contributed by atoms with Gasteiger partial charge >= 0.3 is 0 Å². The number of hydrogen-bond acceptors (Lipinski definition) is 4. The number of hydrogen-bond donors (Lipinski definition) is 1. The second kappa shape index (κ2) is 4.71. The molecule has 1 heterocycles. The van der Waals surface area contributed by atoms with Crippen LogP contribution in [0.15, 0.2) is 35.6 Å². The fourth-order valence-electron chi connectivity index (χ4n) is 1.14. The lowest BCUT2D eigenvalue weighted by Gasteiger charge is -1.99. The minimum atomic E-state index is 0.215. The number of amidine groups is 1. The Hall–Kier alpha value is -1.95. The van der Waals surface area contributed by atoms with Crippen LogP contribution in [-0.4, -0.2) is 31.9 Å². The van der Waals surface area contributed by atoms with Crippen LogP contribution in [0.2, 0.25) is 0 Å². The Bertz CT molecular complexity index is 475. The number of halogens is 1. The van der Waals surface area contributed by atoms with Gasteiger partial charge in [0.05, 0.1) is 17.3 Å². The van der Waals surface area contributed by atoms with Gasteiger partial charge in [0.1, 0.15) is 5.84 Å². The molecular formula is C9H9ClN6. The van der Waals surface area contributed by atoms with Crippen LogP contribution in [0.4, 0.5) is 5.69 Å². The van der Waals surface area contributed by atoms with E-state index in [2.05, 4.69) is 20.4 Å². The van der Waals surface area contributed by atoms with E-state index in [1.165, 1.54) is 11.1 Å². The maximum atomic E-state index is 5.53. The van der Waals surface area contributed by atoms with Crippen molar-refractivity contribution in [3.63, 3.8) is 0 Å². The minimum Gasteiger partial charge on any atom is -0.386 e. The molecule has 0 spiro atoms. The second-order valence-electron chi connectivity index (χ2n) is 2.98. The van der Waals surface area contributed by atoms with Crippen LogP contribution in [0.3, 0.4) is 0 Å². The molecule has 2 aromatic rings. The summed E-state index contributed by atoms with van der Waals surface area (Å²) in [5, 5.41) is 11.3. The molecule has 2 rings (SSSR count). The number of rotatable bonds is 3. The molecule has 0 saturated carbocycles. The molecule has 0 fully saturated rings. The van der Waals surface area contributed by atoms with Crippen LogP contribution < -0.4 is 5.73 Å². The zero-order valence-electron chi connectivity index (χ0n) is 8.29. The molecule has 0 aliphatic rings. The van der Waals surface area contributed by atoms with Crippen molar-refractivity contribution < 1.29 is 0 Å². The molecule has 0 saturated heterocycles. The first-order chi connectivity index (χ1) is 7.79. The van der Waals surface area contributed by atoms with Crippen molar-refractivity contribution in [3.8, 4) is 5.69 Å². The summed E-state index contributed by atoms with van der Waals surface area (Å²) in [6.45, 7) is 0. The van der Waals surface area contributed by atoms with Crippen molar-refractivity contribution in [3.05, 3.63) is 30.6 Å². The average Bonchev–Trinajstić information content (AvgIpc) is 2.83. The molecule has 0 amide bonds. The summed E-state index contributed by atoms with van der Waals surface area (Å²) < 4.78 is 0. The van der Waals surface area contributed by atoms with Gasteiger partial charge in [0, 0.05) is 0 Å². The number of nitrogens with two attached hydrogens (primary N) is 1. The van der Waals surface area contributed by atoms with E-state index in [9.17, 15) is 0 Å². The molecule has 0 unspecified atom stereocenters. The van der Waals surface area contributed by atoms with E-state index in [-0.39, 0.29) is 5.88 Å². The van der Waals surface area contributed by atoms with Crippen LogP contribution in [0, 0.1) is 0 Å². The smallest absolute Gasteiger partial charge is 0.162 e. The molecule has 0 atom stereocenters.